The van der Waals surface area contributed by atoms with E-state index in [1.807, 2.05) is 24.3 Å². The molecule has 0 saturated carbocycles. The van der Waals surface area contributed by atoms with E-state index in [-0.39, 0.29) is 0 Å². The van der Waals surface area contributed by atoms with E-state index in [4.69, 9.17) is 8.83 Å². The lowest BCUT2D eigenvalue weighted by molar-refractivity contribution is 0.669. The zero-order valence-electron chi connectivity index (χ0n) is 34.8. The molecule has 10 aromatic carbocycles. The highest BCUT2D eigenvalue weighted by Crippen LogP contribution is 2.43. The van der Waals surface area contributed by atoms with Crippen LogP contribution in [0, 0.1) is 0 Å². The number of furan rings is 2. The summed E-state index contributed by atoms with van der Waals surface area (Å²) in [5.41, 5.74) is 16.7. The number of benzene rings is 10. The van der Waals surface area contributed by atoms with E-state index in [2.05, 4.69) is 228 Å². The molecule has 0 fully saturated rings. The van der Waals surface area contributed by atoms with E-state index < -0.39 is 0 Å². The van der Waals surface area contributed by atoms with Crippen molar-refractivity contribution < 1.29 is 8.83 Å². The molecule has 0 N–H and O–H groups in total. The van der Waals surface area contributed by atoms with Gasteiger partial charge >= 0.3 is 0 Å². The fourth-order valence-corrected chi connectivity index (χ4v) is 9.19. The first kappa shape index (κ1) is 37.2. The monoisotopic (exact) mass is 820 g/mol. The summed E-state index contributed by atoms with van der Waals surface area (Å²) in [6, 6.07) is 85.6. The van der Waals surface area contributed by atoms with Crippen molar-refractivity contribution in [2.45, 2.75) is 0 Å². The molecular formula is C60H40N2O2. The van der Waals surface area contributed by atoms with Gasteiger partial charge in [0.05, 0.1) is 5.69 Å². The minimum Gasteiger partial charge on any atom is -0.455 e. The topological polar surface area (TPSA) is 32.8 Å². The molecule has 12 aromatic rings. The van der Waals surface area contributed by atoms with Crippen molar-refractivity contribution in [3.05, 3.63) is 243 Å². The van der Waals surface area contributed by atoms with Gasteiger partial charge in [0, 0.05) is 55.5 Å². The van der Waals surface area contributed by atoms with Crippen molar-refractivity contribution in [2.75, 3.05) is 9.80 Å². The Bertz CT molecular complexity index is 3590. The number of fused-ring (bicyclic) bond motifs is 6. The summed E-state index contributed by atoms with van der Waals surface area (Å²) in [4.78, 5) is 4.59. The summed E-state index contributed by atoms with van der Waals surface area (Å²) >= 11 is 0. The van der Waals surface area contributed by atoms with Gasteiger partial charge in [0.15, 0.2) is 5.58 Å². The molecule has 0 unspecified atom stereocenters. The number of rotatable bonds is 9. The smallest absolute Gasteiger partial charge is 0.159 e. The minimum absolute atomic E-state index is 0.869. The predicted molar refractivity (Wildman–Crippen MR) is 267 cm³/mol. The van der Waals surface area contributed by atoms with E-state index in [0.717, 1.165) is 111 Å². The van der Waals surface area contributed by atoms with Crippen LogP contribution >= 0.6 is 0 Å². The molecule has 0 saturated heterocycles. The standard InChI is InChI=1S/C60H40N2O2/c1-3-16-46(17-4-1)61(49-38-32-43(33-39-49)51-22-12-23-54-52-20-7-9-26-57(52)63-59(51)54)48-34-28-41(29-35-48)44-14-11-15-45(40-44)42-30-36-50(37-31-42)62(47-18-5-2-6-19-47)56-25-13-24-55-53-21-8-10-27-58(53)64-60(55)56/h1-40H. The summed E-state index contributed by atoms with van der Waals surface area (Å²) in [6.07, 6.45) is 0. The molecule has 0 atom stereocenters. The lowest BCUT2D eigenvalue weighted by Gasteiger charge is -2.26. The van der Waals surface area contributed by atoms with Crippen molar-refractivity contribution in [1.82, 2.24) is 0 Å². The Balaban J connectivity index is 0.842. The van der Waals surface area contributed by atoms with E-state index in [1.165, 1.54) is 0 Å². The Morgan fingerprint density at radius 1 is 0.250 bits per heavy atom. The fourth-order valence-electron chi connectivity index (χ4n) is 9.19. The van der Waals surface area contributed by atoms with Crippen molar-refractivity contribution >= 4 is 78.0 Å². The molecule has 0 radical (unpaired) electrons. The van der Waals surface area contributed by atoms with Crippen LogP contribution < -0.4 is 9.80 Å². The second-order valence-corrected chi connectivity index (χ2v) is 16.1. The average molecular weight is 821 g/mol. The van der Waals surface area contributed by atoms with E-state index in [0.29, 0.717) is 0 Å². The minimum atomic E-state index is 0.869. The number of hydrogen-bond donors (Lipinski definition) is 0. The van der Waals surface area contributed by atoms with Crippen LogP contribution in [0.1, 0.15) is 0 Å². The van der Waals surface area contributed by atoms with E-state index in [9.17, 15) is 0 Å². The van der Waals surface area contributed by atoms with Crippen LogP contribution in [0.15, 0.2) is 251 Å². The Morgan fingerprint density at radius 2 is 0.656 bits per heavy atom. The first-order chi connectivity index (χ1) is 31.7. The van der Waals surface area contributed by atoms with Gasteiger partial charge < -0.3 is 18.6 Å². The lowest BCUT2D eigenvalue weighted by atomic mass is 9.98. The fraction of sp³-hybridized carbons (Fsp3) is 0. The third-order valence-corrected chi connectivity index (χ3v) is 12.3. The average Bonchev–Trinajstić information content (AvgIpc) is 3.95. The van der Waals surface area contributed by atoms with Gasteiger partial charge in [0.2, 0.25) is 0 Å². The van der Waals surface area contributed by atoms with Gasteiger partial charge in [0.1, 0.15) is 16.7 Å². The molecule has 0 aliphatic carbocycles. The SMILES string of the molecule is c1ccc(N(c2ccc(-c3cccc(-c4ccc(N(c5ccccc5)c5cccc6c5oc5ccccc56)cc4)c3)cc2)c2ccc(-c3cccc4c3oc3ccccc34)cc2)cc1. The first-order valence-electron chi connectivity index (χ1n) is 21.7. The molecule has 12 rings (SSSR count). The van der Waals surface area contributed by atoms with Crippen LogP contribution in [0.2, 0.25) is 0 Å². The maximum atomic E-state index is 6.51. The zero-order chi connectivity index (χ0) is 42.4. The molecular weight excluding hydrogens is 781 g/mol. The van der Waals surface area contributed by atoms with Gasteiger partial charge in [-0.25, -0.2) is 0 Å². The summed E-state index contributed by atoms with van der Waals surface area (Å²) in [5, 5.41) is 4.48. The molecule has 0 amide bonds. The zero-order valence-corrected chi connectivity index (χ0v) is 34.8. The third kappa shape index (κ3) is 6.57. The maximum absolute atomic E-state index is 6.51. The van der Waals surface area contributed by atoms with Crippen LogP contribution in [-0.4, -0.2) is 0 Å². The molecule has 2 aromatic heterocycles. The maximum Gasteiger partial charge on any atom is 0.159 e. The molecule has 0 aliphatic rings. The van der Waals surface area contributed by atoms with Crippen LogP contribution in [-0.2, 0) is 0 Å². The highest BCUT2D eigenvalue weighted by molar-refractivity contribution is 6.11. The van der Waals surface area contributed by atoms with Gasteiger partial charge in [0.25, 0.3) is 0 Å². The summed E-state index contributed by atoms with van der Waals surface area (Å²) in [7, 11) is 0. The Labute approximate surface area is 371 Å². The van der Waals surface area contributed by atoms with E-state index >= 15 is 0 Å². The van der Waals surface area contributed by atoms with Crippen LogP contribution in [0.5, 0.6) is 0 Å². The van der Waals surface area contributed by atoms with Crippen molar-refractivity contribution in [3.63, 3.8) is 0 Å². The molecule has 4 heteroatoms. The van der Waals surface area contributed by atoms with Gasteiger partial charge in [-0.1, -0.05) is 158 Å². The second-order valence-electron chi connectivity index (χ2n) is 16.1. The molecule has 2 heterocycles. The number of para-hydroxylation sites is 6. The highest BCUT2D eigenvalue weighted by atomic mass is 16.3. The summed E-state index contributed by atoms with van der Waals surface area (Å²) < 4.78 is 12.9. The number of hydrogen-bond acceptors (Lipinski definition) is 4. The lowest BCUT2D eigenvalue weighted by Crippen LogP contribution is -2.10. The predicted octanol–water partition coefficient (Wildman–Crippen LogP) is 17.4. The normalized spacial score (nSPS) is 11.4. The number of nitrogens with zero attached hydrogens (tertiary/aromatic N) is 2. The van der Waals surface area contributed by atoms with Gasteiger partial charge in [-0.15, -0.1) is 0 Å². The first-order valence-corrected chi connectivity index (χ1v) is 21.7. The van der Waals surface area contributed by atoms with Crippen LogP contribution in [0.4, 0.5) is 34.1 Å². The molecule has 0 bridgehead atoms. The quantitative estimate of drug-likeness (QED) is 0.145. The van der Waals surface area contributed by atoms with Gasteiger partial charge in [-0.2, -0.15) is 0 Å². The molecule has 0 aliphatic heterocycles. The second kappa shape index (κ2) is 15.7. The molecule has 4 nitrogen and oxygen atoms in total. The Hall–Kier alpha value is -8.60. The molecule has 64 heavy (non-hydrogen) atoms. The van der Waals surface area contributed by atoms with Gasteiger partial charge in [-0.3, -0.25) is 0 Å². The molecule has 0 spiro atoms. The van der Waals surface area contributed by atoms with Crippen molar-refractivity contribution in [2.24, 2.45) is 0 Å². The Morgan fingerprint density at radius 3 is 1.23 bits per heavy atom. The van der Waals surface area contributed by atoms with Gasteiger partial charge in [-0.05, 0) is 113 Å². The summed E-state index contributed by atoms with van der Waals surface area (Å²) in [5.74, 6) is 0. The largest absolute Gasteiger partial charge is 0.455 e. The van der Waals surface area contributed by atoms with E-state index in [1.54, 1.807) is 0 Å². The summed E-state index contributed by atoms with van der Waals surface area (Å²) in [6.45, 7) is 0. The van der Waals surface area contributed by atoms with Crippen LogP contribution in [0.3, 0.4) is 0 Å². The Kier molecular flexibility index (Phi) is 9.12. The van der Waals surface area contributed by atoms with Crippen molar-refractivity contribution in [1.29, 1.82) is 0 Å². The highest BCUT2D eigenvalue weighted by Gasteiger charge is 2.20. The number of anilines is 6. The van der Waals surface area contributed by atoms with Crippen LogP contribution in [0.25, 0.3) is 77.3 Å². The molecule has 302 valence electrons. The van der Waals surface area contributed by atoms with Crippen molar-refractivity contribution in [3.8, 4) is 33.4 Å². The third-order valence-electron chi connectivity index (χ3n) is 12.3.